The summed E-state index contributed by atoms with van der Waals surface area (Å²) in [5.41, 5.74) is 8.10. The lowest BCUT2D eigenvalue weighted by atomic mass is 10.2. The molecule has 2 heterocycles. The van der Waals surface area contributed by atoms with Gasteiger partial charge in [0.25, 0.3) is 0 Å². The van der Waals surface area contributed by atoms with Crippen molar-refractivity contribution in [3.63, 3.8) is 0 Å². The van der Waals surface area contributed by atoms with Crippen molar-refractivity contribution in [1.29, 1.82) is 0 Å². The van der Waals surface area contributed by atoms with E-state index in [-0.39, 0.29) is 5.84 Å². The van der Waals surface area contributed by atoms with Crippen LogP contribution in [0.15, 0.2) is 29.8 Å². The summed E-state index contributed by atoms with van der Waals surface area (Å²) in [6.07, 6.45) is 3.31. The second-order valence-electron chi connectivity index (χ2n) is 3.67. The van der Waals surface area contributed by atoms with Gasteiger partial charge in [0, 0.05) is 17.5 Å². The third-order valence-electron chi connectivity index (χ3n) is 2.65. The van der Waals surface area contributed by atoms with E-state index in [1.54, 1.807) is 24.7 Å². The molecule has 17 heavy (non-hydrogen) atoms. The van der Waals surface area contributed by atoms with E-state index < -0.39 is 0 Å². The zero-order valence-electron chi connectivity index (χ0n) is 9.62. The minimum Gasteiger partial charge on any atom is -0.409 e. The van der Waals surface area contributed by atoms with Crippen LogP contribution in [0.3, 0.4) is 0 Å². The van der Waals surface area contributed by atoms with Crippen molar-refractivity contribution in [1.82, 2.24) is 14.5 Å². The highest BCUT2D eigenvalue weighted by molar-refractivity contribution is 5.97. The summed E-state index contributed by atoms with van der Waals surface area (Å²) in [6.45, 7) is 3.89. The van der Waals surface area contributed by atoms with Crippen molar-refractivity contribution in [3.05, 3.63) is 41.6 Å². The zero-order chi connectivity index (χ0) is 12.4. The maximum absolute atomic E-state index is 8.63. The van der Waals surface area contributed by atoms with Gasteiger partial charge in [0.1, 0.15) is 12.1 Å². The van der Waals surface area contributed by atoms with E-state index in [4.69, 9.17) is 10.9 Å². The highest BCUT2D eigenvalue weighted by Gasteiger charge is 2.07. The number of oxime groups is 1. The Kier molecular flexibility index (Phi) is 2.78. The molecule has 0 aliphatic rings. The highest BCUT2D eigenvalue weighted by atomic mass is 16.4. The van der Waals surface area contributed by atoms with Crippen LogP contribution < -0.4 is 5.73 Å². The molecule has 0 fully saturated rings. The predicted molar refractivity (Wildman–Crippen MR) is 63.3 cm³/mol. The first-order valence-electron chi connectivity index (χ1n) is 5.08. The smallest absolute Gasteiger partial charge is 0.170 e. The Hall–Kier alpha value is -2.37. The molecule has 0 spiro atoms. The number of hydrogen-bond donors (Lipinski definition) is 2. The number of rotatable bonds is 2. The Balaban J connectivity index is 2.50. The third-order valence-corrected chi connectivity index (χ3v) is 2.65. The van der Waals surface area contributed by atoms with E-state index in [0.717, 1.165) is 11.4 Å². The number of pyridine rings is 1. The maximum Gasteiger partial charge on any atom is 0.170 e. The van der Waals surface area contributed by atoms with E-state index in [9.17, 15) is 0 Å². The molecule has 0 bridgehead atoms. The molecule has 0 aliphatic heterocycles. The van der Waals surface area contributed by atoms with Gasteiger partial charge >= 0.3 is 0 Å². The molecule has 0 atom stereocenters. The predicted octanol–water partition coefficient (Wildman–Crippen LogP) is 0.979. The number of hydrogen-bond acceptors (Lipinski definition) is 4. The molecular formula is C11H13N5O. The molecule has 2 rings (SSSR count). The van der Waals surface area contributed by atoms with Gasteiger partial charge in [-0.25, -0.2) is 9.97 Å². The summed E-state index contributed by atoms with van der Waals surface area (Å²) >= 11 is 0. The summed E-state index contributed by atoms with van der Waals surface area (Å²) in [7, 11) is 0. The Labute approximate surface area is 98.4 Å². The molecule has 0 radical (unpaired) electrons. The van der Waals surface area contributed by atoms with Gasteiger partial charge in [-0.3, -0.25) is 4.57 Å². The summed E-state index contributed by atoms with van der Waals surface area (Å²) in [4.78, 5) is 8.43. The summed E-state index contributed by atoms with van der Waals surface area (Å²) < 4.78 is 1.85. The van der Waals surface area contributed by atoms with Gasteiger partial charge in [-0.1, -0.05) is 5.16 Å². The van der Waals surface area contributed by atoms with Crippen LogP contribution in [0.5, 0.6) is 0 Å². The summed E-state index contributed by atoms with van der Waals surface area (Å²) in [6, 6.07) is 3.42. The van der Waals surface area contributed by atoms with Crippen LogP contribution in [0.1, 0.15) is 17.0 Å². The second-order valence-corrected chi connectivity index (χ2v) is 3.67. The van der Waals surface area contributed by atoms with Crippen LogP contribution in [-0.4, -0.2) is 25.6 Å². The van der Waals surface area contributed by atoms with E-state index in [2.05, 4.69) is 15.1 Å². The first-order chi connectivity index (χ1) is 8.13. The van der Waals surface area contributed by atoms with Gasteiger partial charge in [0.2, 0.25) is 0 Å². The lowest BCUT2D eigenvalue weighted by molar-refractivity contribution is 0.318. The quantitative estimate of drug-likeness (QED) is 0.349. The minimum absolute atomic E-state index is 0.0585. The molecule has 2 aromatic rings. The molecule has 0 unspecified atom stereocenters. The second kappa shape index (κ2) is 4.25. The van der Waals surface area contributed by atoms with E-state index in [1.165, 1.54) is 0 Å². The first-order valence-corrected chi connectivity index (χ1v) is 5.08. The lowest BCUT2D eigenvalue weighted by Crippen LogP contribution is -2.14. The van der Waals surface area contributed by atoms with Crippen LogP contribution in [-0.2, 0) is 0 Å². The Bertz CT molecular complexity index is 573. The normalized spacial score (nSPS) is 11.8. The standard InChI is InChI=1S/C11H13N5O/c1-7-8(2)16(6-14-7)10-5-9(3-4-13-10)11(12)15-17/h3-6,17H,1-2H3,(H2,12,15). The van der Waals surface area contributed by atoms with E-state index in [0.29, 0.717) is 11.4 Å². The van der Waals surface area contributed by atoms with Crippen LogP contribution in [0.4, 0.5) is 0 Å². The third kappa shape index (κ3) is 1.96. The van der Waals surface area contributed by atoms with Crippen molar-refractivity contribution >= 4 is 5.84 Å². The van der Waals surface area contributed by atoms with Gasteiger partial charge in [0.05, 0.1) is 5.69 Å². The molecule has 2 aromatic heterocycles. The van der Waals surface area contributed by atoms with Gasteiger partial charge in [-0.2, -0.15) is 0 Å². The molecule has 6 nitrogen and oxygen atoms in total. The highest BCUT2D eigenvalue weighted by Crippen LogP contribution is 2.12. The molecule has 0 saturated heterocycles. The topological polar surface area (TPSA) is 89.3 Å². The first kappa shape index (κ1) is 11.1. The fraction of sp³-hybridized carbons (Fsp3) is 0.182. The molecular weight excluding hydrogens is 218 g/mol. The van der Waals surface area contributed by atoms with Crippen molar-refractivity contribution in [2.45, 2.75) is 13.8 Å². The van der Waals surface area contributed by atoms with Gasteiger partial charge in [-0.05, 0) is 26.0 Å². The van der Waals surface area contributed by atoms with E-state index in [1.807, 2.05) is 18.4 Å². The Morgan fingerprint density at radius 1 is 1.41 bits per heavy atom. The fourth-order valence-corrected chi connectivity index (χ4v) is 1.50. The molecule has 0 amide bonds. The maximum atomic E-state index is 8.63. The van der Waals surface area contributed by atoms with Gasteiger partial charge in [-0.15, -0.1) is 0 Å². The molecule has 88 valence electrons. The molecule has 0 aliphatic carbocycles. The fourth-order valence-electron chi connectivity index (χ4n) is 1.50. The summed E-state index contributed by atoms with van der Waals surface area (Å²) in [5, 5.41) is 11.6. The number of aryl methyl sites for hydroxylation is 1. The van der Waals surface area contributed by atoms with Crippen molar-refractivity contribution in [2.24, 2.45) is 10.9 Å². The average molecular weight is 231 g/mol. The van der Waals surface area contributed by atoms with E-state index >= 15 is 0 Å². The average Bonchev–Trinajstić information content (AvgIpc) is 2.69. The van der Waals surface area contributed by atoms with Crippen LogP contribution in [0.25, 0.3) is 5.82 Å². The monoisotopic (exact) mass is 231 g/mol. The largest absolute Gasteiger partial charge is 0.409 e. The van der Waals surface area contributed by atoms with Gasteiger partial charge in [0.15, 0.2) is 5.84 Å². The van der Waals surface area contributed by atoms with Crippen molar-refractivity contribution in [3.8, 4) is 5.82 Å². The lowest BCUT2D eigenvalue weighted by Gasteiger charge is -2.06. The van der Waals surface area contributed by atoms with Crippen molar-refractivity contribution in [2.75, 3.05) is 0 Å². The number of nitrogens with two attached hydrogens (primary N) is 1. The number of amidine groups is 1. The summed E-state index contributed by atoms with van der Waals surface area (Å²) in [5.74, 6) is 0.746. The SMILES string of the molecule is Cc1ncn(-c2cc(C(N)=NO)ccn2)c1C. The van der Waals surface area contributed by atoms with Crippen LogP contribution in [0.2, 0.25) is 0 Å². The molecule has 3 N–H and O–H groups in total. The van der Waals surface area contributed by atoms with Crippen LogP contribution >= 0.6 is 0 Å². The number of nitrogens with zero attached hydrogens (tertiary/aromatic N) is 4. The Morgan fingerprint density at radius 3 is 2.76 bits per heavy atom. The molecule has 0 aromatic carbocycles. The van der Waals surface area contributed by atoms with Gasteiger partial charge < -0.3 is 10.9 Å². The molecule has 0 saturated carbocycles. The van der Waals surface area contributed by atoms with Crippen LogP contribution in [0, 0.1) is 13.8 Å². The molecule has 6 heteroatoms. The van der Waals surface area contributed by atoms with Crippen molar-refractivity contribution < 1.29 is 5.21 Å². The Morgan fingerprint density at radius 2 is 2.18 bits per heavy atom. The minimum atomic E-state index is 0.0585. The number of imidazole rings is 1. The zero-order valence-corrected chi connectivity index (χ0v) is 9.62. The number of aromatic nitrogens is 3.